The summed E-state index contributed by atoms with van der Waals surface area (Å²) in [4.78, 5) is 0. The lowest BCUT2D eigenvalue weighted by Gasteiger charge is -2.62. The summed E-state index contributed by atoms with van der Waals surface area (Å²) in [5.74, 6) is 10.3. The average molecular weight is 567 g/mol. The molecule has 0 aromatic heterocycles. The summed E-state index contributed by atoms with van der Waals surface area (Å²) < 4.78 is 13.4. The molecule has 13 fully saturated rings. The highest BCUT2D eigenvalue weighted by Crippen LogP contribution is 2.69. The molecule has 1 saturated heterocycles. The Bertz CT molecular complexity index is 1200. The molecule has 12 saturated carbocycles. The van der Waals surface area contributed by atoms with E-state index in [1.807, 2.05) is 11.1 Å². The van der Waals surface area contributed by atoms with Crippen LogP contribution in [0.15, 0.2) is 12.1 Å². The summed E-state index contributed by atoms with van der Waals surface area (Å²) in [6, 6.07) is 5.55. The maximum atomic E-state index is 7.42. The Morgan fingerprint density at radius 2 is 0.881 bits per heavy atom. The van der Waals surface area contributed by atoms with Crippen LogP contribution in [0.4, 0.5) is 0 Å². The Morgan fingerprint density at radius 1 is 0.548 bits per heavy atom. The van der Waals surface area contributed by atoms with Crippen molar-refractivity contribution in [2.45, 2.75) is 151 Å². The minimum absolute atomic E-state index is 0.307. The van der Waals surface area contributed by atoms with Crippen molar-refractivity contribution in [2.75, 3.05) is 6.61 Å². The van der Waals surface area contributed by atoms with Crippen molar-refractivity contribution in [3.63, 3.8) is 0 Å². The van der Waals surface area contributed by atoms with Crippen molar-refractivity contribution in [3.8, 4) is 5.75 Å². The number of ether oxygens (including phenoxy) is 2. The predicted molar refractivity (Wildman–Crippen MR) is 166 cm³/mol. The Hall–Kier alpha value is -1.02. The Morgan fingerprint density at radius 3 is 1.26 bits per heavy atom. The van der Waals surface area contributed by atoms with Gasteiger partial charge in [-0.15, -0.1) is 0 Å². The topological polar surface area (TPSA) is 21.8 Å². The summed E-state index contributed by atoms with van der Waals surface area (Å²) in [6.07, 6.45) is 27.7. The molecule has 0 spiro atoms. The molecule has 1 heterocycles. The number of rotatable bonds is 6. The molecule has 0 N–H and O–H groups in total. The van der Waals surface area contributed by atoms with Crippen LogP contribution in [0, 0.1) is 53.3 Å². The Balaban J connectivity index is 1.13. The number of benzene rings is 1. The Kier molecular flexibility index (Phi) is 5.05. The van der Waals surface area contributed by atoms with E-state index in [0.29, 0.717) is 28.5 Å². The highest BCUT2D eigenvalue weighted by molar-refractivity contribution is 5.58. The second kappa shape index (κ2) is 8.41. The van der Waals surface area contributed by atoms with Crippen LogP contribution in [0.2, 0.25) is 0 Å². The summed E-state index contributed by atoms with van der Waals surface area (Å²) in [7, 11) is 0. The van der Waals surface area contributed by atoms with Gasteiger partial charge < -0.3 is 9.47 Å². The van der Waals surface area contributed by atoms with Crippen LogP contribution in [0.25, 0.3) is 0 Å². The SMILES string of the molecule is CC1OC1COc1c(C23CC4CC(CC(C4)C2)C3)ccc(C23CC4CC(CC(C4)C2)C3)c1C12CC3CC(CC(C3)C1)C2. The molecule has 1 aromatic rings. The van der Waals surface area contributed by atoms with Crippen LogP contribution in [-0.4, -0.2) is 18.8 Å². The van der Waals surface area contributed by atoms with E-state index in [1.54, 1.807) is 5.56 Å². The quantitative estimate of drug-likeness (QED) is 0.320. The van der Waals surface area contributed by atoms with Gasteiger partial charge in [0.2, 0.25) is 0 Å². The van der Waals surface area contributed by atoms with Crippen molar-refractivity contribution in [1.82, 2.24) is 0 Å². The molecule has 12 aliphatic carbocycles. The van der Waals surface area contributed by atoms with Crippen LogP contribution in [-0.2, 0) is 21.0 Å². The van der Waals surface area contributed by atoms with Crippen molar-refractivity contribution in [1.29, 1.82) is 0 Å². The normalized spacial score (nSPS) is 55.5. The van der Waals surface area contributed by atoms with E-state index in [2.05, 4.69) is 19.1 Å². The van der Waals surface area contributed by atoms with Gasteiger partial charge in [-0.2, -0.15) is 0 Å². The van der Waals surface area contributed by atoms with Crippen molar-refractivity contribution in [3.05, 3.63) is 28.8 Å². The summed E-state index contributed by atoms with van der Waals surface area (Å²) >= 11 is 0. The van der Waals surface area contributed by atoms with Gasteiger partial charge >= 0.3 is 0 Å². The molecule has 1 aliphatic heterocycles. The first-order valence-electron chi connectivity index (χ1n) is 18.9. The summed E-state index contributed by atoms with van der Waals surface area (Å²) in [5.41, 5.74) is 6.60. The molecular weight excluding hydrogens is 512 g/mol. The molecule has 226 valence electrons. The molecule has 2 atom stereocenters. The Labute approximate surface area is 254 Å². The minimum Gasteiger partial charge on any atom is -0.490 e. The van der Waals surface area contributed by atoms with E-state index < -0.39 is 0 Å². The molecule has 1 aromatic carbocycles. The van der Waals surface area contributed by atoms with E-state index >= 15 is 0 Å². The van der Waals surface area contributed by atoms with Crippen LogP contribution in [0.5, 0.6) is 5.75 Å². The van der Waals surface area contributed by atoms with Crippen molar-refractivity contribution in [2.24, 2.45) is 53.3 Å². The van der Waals surface area contributed by atoms with Gasteiger partial charge in [-0.3, -0.25) is 0 Å². The lowest BCUT2D eigenvalue weighted by atomic mass is 9.43. The zero-order valence-corrected chi connectivity index (χ0v) is 26.3. The minimum atomic E-state index is 0.307. The van der Waals surface area contributed by atoms with E-state index in [-0.39, 0.29) is 0 Å². The van der Waals surface area contributed by atoms with E-state index in [4.69, 9.17) is 9.47 Å². The van der Waals surface area contributed by atoms with Gasteiger partial charge in [0.05, 0.1) is 6.10 Å². The second-order valence-electron chi connectivity index (χ2n) is 19.1. The lowest BCUT2D eigenvalue weighted by molar-refractivity contribution is -0.0200. The van der Waals surface area contributed by atoms with Gasteiger partial charge in [0.1, 0.15) is 18.5 Å². The molecule has 0 radical (unpaired) electrons. The first-order chi connectivity index (χ1) is 20.4. The molecule has 42 heavy (non-hydrogen) atoms. The molecule has 2 heteroatoms. The first-order valence-corrected chi connectivity index (χ1v) is 18.9. The second-order valence-corrected chi connectivity index (χ2v) is 19.1. The number of epoxide rings is 1. The van der Waals surface area contributed by atoms with E-state index in [9.17, 15) is 0 Å². The molecule has 12 bridgehead atoms. The number of hydrogen-bond acceptors (Lipinski definition) is 2. The van der Waals surface area contributed by atoms with Crippen molar-refractivity contribution < 1.29 is 9.47 Å². The molecule has 2 nitrogen and oxygen atoms in total. The predicted octanol–water partition coefficient (Wildman–Crippen LogP) is 9.26. The fourth-order valence-electron chi connectivity index (χ4n) is 16.0. The zero-order chi connectivity index (χ0) is 27.4. The van der Waals surface area contributed by atoms with Crippen LogP contribution in [0.3, 0.4) is 0 Å². The fraction of sp³-hybridized carbons (Fsp3) is 0.850. The van der Waals surface area contributed by atoms with Crippen molar-refractivity contribution >= 4 is 0 Å². The highest BCUT2D eigenvalue weighted by Gasteiger charge is 2.59. The van der Waals surface area contributed by atoms with Gasteiger partial charge in [0.15, 0.2) is 0 Å². The monoisotopic (exact) mass is 566 g/mol. The highest BCUT2D eigenvalue weighted by atomic mass is 16.6. The van der Waals surface area contributed by atoms with Crippen LogP contribution >= 0.6 is 0 Å². The standard InChI is InChI=1S/C40H54O2/c1-23-35(42-23)22-41-37-34(39-16-27-7-28(17-39)9-29(8-27)18-39)3-2-33(38-13-24-4-25(14-38)6-26(5-24)15-38)36(37)40-19-30-10-31(20-40)12-32(11-30)21-40/h2-3,23-32,35H,4-22H2,1H3. The summed E-state index contributed by atoms with van der Waals surface area (Å²) in [6.45, 7) is 3.03. The molecule has 14 rings (SSSR count). The van der Waals surface area contributed by atoms with Gasteiger partial charge in [-0.05, 0) is 192 Å². The van der Waals surface area contributed by atoms with E-state index in [1.165, 1.54) is 121 Å². The van der Waals surface area contributed by atoms with Gasteiger partial charge in [0, 0.05) is 16.5 Å². The number of hydrogen-bond donors (Lipinski definition) is 0. The van der Waals surface area contributed by atoms with Crippen LogP contribution in [0.1, 0.15) is 139 Å². The van der Waals surface area contributed by atoms with E-state index in [0.717, 1.165) is 59.9 Å². The zero-order valence-electron chi connectivity index (χ0n) is 26.3. The largest absolute Gasteiger partial charge is 0.490 e. The third-order valence-electron chi connectivity index (χ3n) is 16.2. The third kappa shape index (κ3) is 3.54. The lowest BCUT2D eigenvalue weighted by Crippen LogP contribution is -2.53. The first kappa shape index (κ1) is 25.2. The van der Waals surface area contributed by atoms with Gasteiger partial charge in [-0.1, -0.05) is 12.1 Å². The van der Waals surface area contributed by atoms with Gasteiger partial charge in [-0.25, -0.2) is 0 Å². The molecular formula is C40H54O2. The maximum absolute atomic E-state index is 7.42. The molecule has 0 amide bonds. The third-order valence-corrected chi connectivity index (χ3v) is 16.2. The summed E-state index contributed by atoms with van der Waals surface area (Å²) in [5, 5.41) is 0. The smallest absolute Gasteiger partial charge is 0.127 e. The molecule has 13 aliphatic rings. The average Bonchev–Trinajstić information content (AvgIpc) is 3.64. The van der Waals surface area contributed by atoms with Crippen LogP contribution < -0.4 is 4.74 Å². The fourth-order valence-corrected chi connectivity index (χ4v) is 16.0. The molecule has 2 unspecified atom stereocenters. The maximum Gasteiger partial charge on any atom is 0.127 e. The van der Waals surface area contributed by atoms with Gasteiger partial charge in [0.25, 0.3) is 0 Å².